The van der Waals surface area contributed by atoms with Crippen molar-refractivity contribution in [2.24, 2.45) is 0 Å². The van der Waals surface area contributed by atoms with Gasteiger partial charge in [0, 0.05) is 12.0 Å². The number of carbonyl (C=O) groups is 1. The number of benzene rings is 1. The molecule has 1 heterocycles. The number of hydrogen-bond acceptors (Lipinski definition) is 3. The summed E-state index contributed by atoms with van der Waals surface area (Å²) < 4.78 is 5.26. The highest BCUT2D eigenvalue weighted by atomic mass is 16.4. The minimum Gasteiger partial charge on any atom is -0.481 e. The van der Waals surface area contributed by atoms with Gasteiger partial charge in [-0.1, -0.05) is 12.1 Å². The predicted molar refractivity (Wildman–Crippen MR) is 58.4 cm³/mol. The summed E-state index contributed by atoms with van der Waals surface area (Å²) in [6.45, 7) is 0. The quantitative estimate of drug-likeness (QED) is 0.853. The molecule has 4 nitrogen and oxygen atoms in total. The normalized spacial score (nSPS) is 10.5. The van der Waals surface area contributed by atoms with Crippen molar-refractivity contribution in [3.8, 4) is 0 Å². The van der Waals surface area contributed by atoms with Crippen LogP contribution in [0, 0.1) is 0 Å². The minimum absolute atomic E-state index is 0.0664. The van der Waals surface area contributed by atoms with E-state index in [1.165, 1.54) is 6.26 Å². The summed E-state index contributed by atoms with van der Waals surface area (Å²) in [6.07, 6.45) is 1.47. The monoisotopic (exact) mass is 218 g/mol. The SMILES string of the molecule is O=C(O)CCc1coc2ccccc2c1=O. The molecule has 16 heavy (non-hydrogen) atoms. The largest absolute Gasteiger partial charge is 0.481 e. The van der Waals surface area contributed by atoms with Crippen molar-refractivity contribution < 1.29 is 14.3 Å². The van der Waals surface area contributed by atoms with Crippen molar-refractivity contribution in [3.63, 3.8) is 0 Å². The fourth-order valence-corrected chi connectivity index (χ4v) is 1.53. The number of hydrogen-bond donors (Lipinski definition) is 1. The maximum Gasteiger partial charge on any atom is 0.303 e. The van der Waals surface area contributed by atoms with Crippen molar-refractivity contribution in [3.05, 3.63) is 46.3 Å². The number of aryl methyl sites for hydroxylation is 1. The third kappa shape index (κ3) is 1.95. The zero-order chi connectivity index (χ0) is 11.5. The first kappa shape index (κ1) is 10.4. The molecule has 0 bridgehead atoms. The zero-order valence-electron chi connectivity index (χ0n) is 8.47. The predicted octanol–water partition coefficient (Wildman–Crippen LogP) is 1.81. The van der Waals surface area contributed by atoms with E-state index in [0.717, 1.165) is 0 Å². The van der Waals surface area contributed by atoms with Gasteiger partial charge in [-0.3, -0.25) is 9.59 Å². The molecule has 1 aromatic carbocycles. The van der Waals surface area contributed by atoms with E-state index in [0.29, 0.717) is 16.5 Å². The molecular formula is C12H10O4. The molecule has 0 spiro atoms. The van der Waals surface area contributed by atoms with Crippen LogP contribution in [0.2, 0.25) is 0 Å². The van der Waals surface area contributed by atoms with E-state index in [9.17, 15) is 9.59 Å². The van der Waals surface area contributed by atoms with Gasteiger partial charge < -0.3 is 9.52 Å². The summed E-state index contributed by atoms with van der Waals surface area (Å²) in [5.74, 6) is -0.924. The number of carboxylic acids is 1. The zero-order valence-corrected chi connectivity index (χ0v) is 8.47. The Morgan fingerprint density at radius 3 is 2.81 bits per heavy atom. The summed E-state index contributed by atoms with van der Waals surface area (Å²) >= 11 is 0. The molecule has 0 aliphatic carbocycles. The summed E-state index contributed by atoms with van der Waals surface area (Å²) in [7, 11) is 0. The second kappa shape index (κ2) is 4.18. The van der Waals surface area contributed by atoms with Gasteiger partial charge in [-0.25, -0.2) is 0 Å². The lowest BCUT2D eigenvalue weighted by Crippen LogP contribution is -2.10. The van der Waals surface area contributed by atoms with Crippen LogP contribution in [-0.2, 0) is 11.2 Å². The molecular weight excluding hydrogens is 208 g/mol. The lowest BCUT2D eigenvalue weighted by atomic mass is 10.1. The second-order valence-electron chi connectivity index (χ2n) is 3.48. The molecule has 0 atom stereocenters. The Morgan fingerprint density at radius 1 is 1.31 bits per heavy atom. The number of para-hydroxylation sites is 1. The van der Waals surface area contributed by atoms with Gasteiger partial charge in [-0.05, 0) is 18.6 Å². The van der Waals surface area contributed by atoms with E-state index in [1.54, 1.807) is 24.3 Å². The lowest BCUT2D eigenvalue weighted by molar-refractivity contribution is -0.136. The molecule has 0 aliphatic heterocycles. The highest BCUT2D eigenvalue weighted by molar-refractivity contribution is 5.76. The molecule has 1 aromatic heterocycles. The van der Waals surface area contributed by atoms with Crippen molar-refractivity contribution in [2.45, 2.75) is 12.8 Å². The molecule has 4 heteroatoms. The van der Waals surface area contributed by atoms with Gasteiger partial charge in [-0.2, -0.15) is 0 Å². The van der Waals surface area contributed by atoms with Crippen LogP contribution in [0.25, 0.3) is 11.0 Å². The third-order valence-electron chi connectivity index (χ3n) is 2.36. The van der Waals surface area contributed by atoms with Crippen LogP contribution in [0.4, 0.5) is 0 Å². The van der Waals surface area contributed by atoms with Crippen molar-refractivity contribution in [1.82, 2.24) is 0 Å². The fourth-order valence-electron chi connectivity index (χ4n) is 1.53. The molecule has 1 N–H and O–H groups in total. The van der Waals surface area contributed by atoms with Crippen LogP contribution in [0.5, 0.6) is 0 Å². The highest BCUT2D eigenvalue weighted by Gasteiger charge is 2.07. The smallest absolute Gasteiger partial charge is 0.303 e. The first-order valence-electron chi connectivity index (χ1n) is 4.89. The van der Waals surface area contributed by atoms with E-state index < -0.39 is 5.97 Å². The topological polar surface area (TPSA) is 67.5 Å². The Labute approximate surface area is 91.1 Å². The first-order valence-corrected chi connectivity index (χ1v) is 4.89. The van der Waals surface area contributed by atoms with Crippen LogP contribution in [0.1, 0.15) is 12.0 Å². The maximum absolute atomic E-state index is 11.9. The minimum atomic E-state index is -0.924. The van der Waals surface area contributed by atoms with Gasteiger partial charge in [0.2, 0.25) is 0 Å². The van der Waals surface area contributed by atoms with Crippen LogP contribution in [-0.4, -0.2) is 11.1 Å². The Bertz CT molecular complexity index is 583. The molecule has 0 saturated carbocycles. The average Bonchev–Trinajstić information content (AvgIpc) is 2.28. The summed E-state index contributed by atoms with van der Waals surface area (Å²) in [6, 6.07) is 6.91. The van der Waals surface area contributed by atoms with E-state index in [2.05, 4.69) is 0 Å². The Hall–Kier alpha value is -2.10. The molecule has 0 amide bonds. The molecule has 0 fully saturated rings. The summed E-state index contributed by atoms with van der Waals surface area (Å²) in [4.78, 5) is 22.3. The van der Waals surface area contributed by atoms with Crippen molar-refractivity contribution in [2.75, 3.05) is 0 Å². The Kier molecular flexibility index (Phi) is 2.72. The second-order valence-corrected chi connectivity index (χ2v) is 3.48. The number of aliphatic carboxylic acids is 1. The molecule has 0 unspecified atom stereocenters. The van der Waals surface area contributed by atoms with E-state index in [-0.39, 0.29) is 18.3 Å². The average molecular weight is 218 g/mol. The van der Waals surface area contributed by atoms with Gasteiger partial charge in [-0.15, -0.1) is 0 Å². The Morgan fingerprint density at radius 2 is 2.06 bits per heavy atom. The van der Waals surface area contributed by atoms with Crippen LogP contribution in [0.15, 0.2) is 39.7 Å². The third-order valence-corrected chi connectivity index (χ3v) is 2.36. The number of rotatable bonds is 3. The van der Waals surface area contributed by atoms with Crippen LogP contribution >= 0.6 is 0 Å². The Balaban J connectivity index is 2.45. The molecule has 0 saturated heterocycles. The summed E-state index contributed by atoms with van der Waals surface area (Å²) in [5, 5.41) is 9.04. The van der Waals surface area contributed by atoms with Crippen molar-refractivity contribution >= 4 is 16.9 Å². The highest BCUT2D eigenvalue weighted by Crippen LogP contribution is 2.11. The van der Waals surface area contributed by atoms with Crippen LogP contribution < -0.4 is 5.43 Å². The number of fused-ring (bicyclic) bond motifs is 1. The van der Waals surface area contributed by atoms with Gasteiger partial charge >= 0.3 is 5.97 Å². The van der Waals surface area contributed by atoms with Gasteiger partial charge in [0.15, 0.2) is 5.43 Å². The van der Waals surface area contributed by atoms with Gasteiger partial charge in [0.05, 0.1) is 11.6 Å². The van der Waals surface area contributed by atoms with E-state index in [1.807, 2.05) is 0 Å². The van der Waals surface area contributed by atoms with Gasteiger partial charge in [0.25, 0.3) is 0 Å². The molecule has 0 aliphatic rings. The van der Waals surface area contributed by atoms with Crippen molar-refractivity contribution in [1.29, 1.82) is 0 Å². The van der Waals surface area contributed by atoms with E-state index in [4.69, 9.17) is 9.52 Å². The molecule has 2 aromatic rings. The molecule has 0 radical (unpaired) electrons. The van der Waals surface area contributed by atoms with E-state index >= 15 is 0 Å². The lowest BCUT2D eigenvalue weighted by Gasteiger charge is -2.00. The summed E-state index contributed by atoms with van der Waals surface area (Å²) in [5.41, 5.74) is 0.774. The first-order chi connectivity index (χ1) is 7.68. The fraction of sp³-hybridized carbons (Fsp3) is 0.167. The number of carboxylic acid groups (broad SMARTS) is 1. The van der Waals surface area contributed by atoms with Gasteiger partial charge in [0.1, 0.15) is 5.58 Å². The maximum atomic E-state index is 11.9. The van der Waals surface area contributed by atoms with Crippen LogP contribution in [0.3, 0.4) is 0 Å². The standard InChI is InChI=1S/C12H10O4/c13-11(14)6-5-8-7-16-10-4-2-1-3-9(10)12(8)15/h1-4,7H,5-6H2,(H,13,14). The molecule has 2 rings (SSSR count). The molecule has 82 valence electrons.